The average molecular weight is 185 g/mol. The van der Waals surface area contributed by atoms with Crippen LogP contribution in [0.15, 0.2) is 0 Å². The van der Waals surface area contributed by atoms with Gasteiger partial charge in [-0.05, 0) is 37.0 Å². The summed E-state index contributed by atoms with van der Waals surface area (Å²) in [6.45, 7) is 4.36. The highest BCUT2D eigenvalue weighted by Gasteiger charge is 2.31. The molecule has 0 aromatic heterocycles. The maximum Gasteiger partial charge on any atom is 0.320 e. The minimum atomic E-state index is -0.855. The number of carboxylic acids is 1. The lowest BCUT2D eigenvalue weighted by atomic mass is 9.74. The van der Waals surface area contributed by atoms with Crippen LogP contribution in [0.5, 0.6) is 0 Å². The first kappa shape index (κ1) is 10.5. The van der Waals surface area contributed by atoms with Crippen LogP contribution in [0.4, 0.5) is 0 Å². The fraction of sp³-hybridized carbons (Fsp3) is 0.900. The fourth-order valence-corrected chi connectivity index (χ4v) is 2.50. The van der Waals surface area contributed by atoms with E-state index in [2.05, 4.69) is 13.8 Å². The Bertz CT molecular complexity index is 183. The van der Waals surface area contributed by atoms with E-state index in [1.807, 2.05) is 0 Å². The summed E-state index contributed by atoms with van der Waals surface area (Å²) in [5.41, 5.74) is 5.62. The van der Waals surface area contributed by atoms with Crippen molar-refractivity contribution in [3.05, 3.63) is 0 Å². The summed E-state index contributed by atoms with van der Waals surface area (Å²) in [4.78, 5) is 10.7. The van der Waals surface area contributed by atoms with Gasteiger partial charge < -0.3 is 10.8 Å². The van der Waals surface area contributed by atoms with Gasteiger partial charge >= 0.3 is 5.97 Å². The third-order valence-corrected chi connectivity index (χ3v) is 3.01. The van der Waals surface area contributed by atoms with Crippen molar-refractivity contribution in [3.8, 4) is 0 Å². The topological polar surface area (TPSA) is 63.3 Å². The highest BCUT2D eigenvalue weighted by Crippen LogP contribution is 2.34. The third-order valence-electron chi connectivity index (χ3n) is 3.01. The first-order chi connectivity index (χ1) is 6.00. The Kier molecular flexibility index (Phi) is 3.31. The van der Waals surface area contributed by atoms with Crippen LogP contribution >= 0.6 is 0 Å². The van der Waals surface area contributed by atoms with Gasteiger partial charge in [0.15, 0.2) is 0 Å². The van der Waals surface area contributed by atoms with Crippen molar-refractivity contribution in [2.75, 3.05) is 0 Å². The van der Waals surface area contributed by atoms with Crippen molar-refractivity contribution in [2.45, 2.75) is 39.2 Å². The number of carboxylic acid groups (broad SMARTS) is 1. The first-order valence-corrected chi connectivity index (χ1v) is 4.99. The van der Waals surface area contributed by atoms with E-state index in [0.717, 1.165) is 12.8 Å². The van der Waals surface area contributed by atoms with Gasteiger partial charge in [-0.15, -0.1) is 0 Å². The summed E-state index contributed by atoms with van der Waals surface area (Å²) in [6.07, 6.45) is 3.15. The summed E-state index contributed by atoms with van der Waals surface area (Å²) >= 11 is 0. The molecule has 1 unspecified atom stereocenters. The van der Waals surface area contributed by atoms with Crippen LogP contribution in [-0.2, 0) is 4.79 Å². The number of aliphatic carboxylic acids is 1. The highest BCUT2D eigenvalue weighted by atomic mass is 16.4. The summed E-state index contributed by atoms with van der Waals surface area (Å²) in [7, 11) is 0. The predicted octanol–water partition coefficient (Wildman–Crippen LogP) is 1.47. The molecule has 0 aromatic rings. The molecule has 1 aliphatic rings. The second-order valence-corrected chi connectivity index (χ2v) is 4.54. The van der Waals surface area contributed by atoms with Crippen LogP contribution in [-0.4, -0.2) is 17.1 Å². The molecule has 0 aromatic carbocycles. The van der Waals surface area contributed by atoms with Gasteiger partial charge in [-0.2, -0.15) is 0 Å². The van der Waals surface area contributed by atoms with E-state index in [0.29, 0.717) is 11.8 Å². The number of hydrogen-bond donors (Lipinski definition) is 2. The van der Waals surface area contributed by atoms with E-state index in [9.17, 15) is 4.79 Å². The van der Waals surface area contributed by atoms with E-state index in [4.69, 9.17) is 10.8 Å². The third kappa shape index (κ3) is 2.69. The quantitative estimate of drug-likeness (QED) is 0.684. The average Bonchev–Trinajstić information content (AvgIpc) is 2.01. The van der Waals surface area contributed by atoms with Crippen molar-refractivity contribution >= 4 is 5.97 Å². The molecule has 0 spiro atoms. The Hall–Kier alpha value is -0.570. The first-order valence-electron chi connectivity index (χ1n) is 4.99. The number of nitrogens with two attached hydrogens (primary N) is 1. The Morgan fingerprint density at radius 3 is 2.15 bits per heavy atom. The van der Waals surface area contributed by atoms with Gasteiger partial charge in [0, 0.05) is 0 Å². The molecule has 4 atom stereocenters. The Balaban J connectivity index is 2.54. The monoisotopic (exact) mass is 185 g/mol. The molecule has 0 heterocycles. The Morgan fingerprint density at radius 1 is 1.31 bits per heavy atom. The van der Waals surface area contributed by atoms with Crippen LogP contribution in [0.3, 0.4) is 0 Å². The Labute approximate surface area is 79.3 Å². The molecular formula is C10H19NO2. The summed E-state index contributed by atoms with van der Waals surface area (Å²) in [5.74, 6) is 0.570. The molecule has 3 heteroatoms. The van der Waals surface area contributed by atoms with Crippen LogP contribution in [0.25, 0.3) is 0 Å². The van der Waals surface area contributed by atoms with Gasteiger partial charge in [-0.1, -0.05) is 13.8 Å². The molecule has 0 radical (unpaired) electrons. The molecule has 3 nitrogen and oxygen atoms in total. The molecule has 13 heavy (non-hydrogen) atoms. The second-order valence-electron chi connectivity index (χ2n) is 4.54. The molecule has 3 N–H and O–H groups in total. The largest absolute Gasteiger partial charge is 0.480 e. The van der Waals surface area contributed by atoms with Gasteiger partial charge in [0.1, 0.15) is 6.04 Å². The van der Waals surface area contributed by atoms with Crippen molar-refractivity contribution in [1.82, 2.24) is 0 Å². The molecule has 1 rings (SSSR count). The maximum absolute atomic E-state index is 10.7. The van der Waals surface area contributed by atoms with Crippen molar-refractivity contribution in [3.63, 3.8) is 0 Å². The molecule has 0 bridgehead atoms. The standard InChI is InChI=1S/C10H19NO2/c1-6-3-7(2)5-8(4-6)9(11)10(12)13/h6-9H,3-5,11H2,1-2H3,(H,12,13)/t6-,7+,8?,9-/m0/s1. The van der Waals surface area contributed by atoms with E-state index >= 15 is 0 Å². The fourth-order valence-electron chi connectivity index (χ4n) is 2.50. The molecule has 1 aliphatic carbocycles. The summed E-state index contributed by atoms with van der Waals surface area (Å²) in [6, 6.07) is -0.662. The molecular weight excluding hydrogens is 166 g/mol. The SMILES string of the molecule is C[C@@H]1CC([C@H](N)C(=O)O)C[C@H](C)C1. The molecule has 0 saturated heterocycles. The number of hydrogen-bond acceptors (Lipinski definition) is 2. The van der Waals surface area contributed by atoms with Gasteiger partial charge in [-0.3, -0.25) is 4.79 Å². The number of rotatable bonds is 2. The zero-order chi connectivity index (χ0) is 10.0. The van der Waals surface area contributed by atoms with Crippen LogP contribution < -0.4 is 5.73 Å². The van der Waals surface area contributed by atoms with Crippen molar-refractivity contribution in [2.24, 2.45) is 23.5 Å². The Morgan fingerprint density at radius 2 is 1.77 bits per heavy atom. The lowest BCUT2D eigenvalue weighted by molar-refractivity contribution is -0.140. The van der Waals surface area contributed by atoms with Crippen molar-refractivity contribution in [1.29, 1.82) is 0 Å². The van der Waals surface area contributed by atoms with E-state index in [1.54, 1.807) is 0 Å². The van der Waals surface area contributed by atoms with Gasteiger partial charge in [-0.25, -0.2) is 0 Å². The van der Waals surface area contributed by atoms with Crippen LogP contribution in [0, 0.1) is 17.8 Å². The smallest absolute Gasteiger partial charge is 0.320 e. The normalized spacial score (nSPS) is 37.0. The maximum atomic E-state index is 10.7. The van der Waals surface area contributed by atoms with Crippen molar-refractivity contribution < 1.29 is 9.90 Å². The summed E-state index contributed by atoms with van der Waals surface area (Å²) < 4.78 is 0. The zero-order valence-corrected chi connectivity index (χ0v) is 8.36. The highest BCUT2D eigenvalue weighted by molar-refractivity contribution is 5.73. The van der Waals surface area contributed by atoms with Gasteiger partial charge in [0.25, 0.3) is 0 Å². The lowest BCUT2D eigenvalue weighted by Crippen LogP contribution is -2.41. The second kappa shape index (κ2) is 4.09. The predicted molar refractivity (Wildman–Crippen MR) is 51.3 cm³/mol. The molecule has 0 aliphatic heterocycles. The summed E-state index contributed by atoms with van der Waals surface area (Å²) in [5, 5.41) is 8.78. The van der Waals surface area contributed by atoms with E-state index < -0.39 is 12.0 Å². The minimum Gasteiger partial charge on any atom is -0.480 e. The van der Waals surface area contributed by atoms with Gasteiger partial charge in [0.05, 0.1) is 0 Å². The molecule has 1 fully saturated rings. The van der Waals surface area contributed by atoms with Gasteiger partial charge in [0.2, 0.25) is 0 Å². The zero-order valence-electron chi connectivity index (χ0n) is 8.36. The van der Waals surface area contributed by atoms with E-state index in [1.165, 1.54) is 6.42 Å². The molecule has 0 amide bonds. The van der Waals surface area contributed by atoms with Crippen LogP contribution in [0.1, 0.15) is 33.1 Å². The van der Waals surface area contributed by atoms with Crippen LogP contribution in [0.2, 0.25) is 0 Å². The minimum absolute atomic E-state index is 0.177. The molecule has 1 saturated carbocycles. The molecule has 76 valence electrons. The number of carbonyl (C=O) groups is 1. The van der Waals surface area contributed by atoms with E-state index in [-0.39, 0.29) is 5.92 Å². The lowest BCUT2D eigenvalue weighted by Gasteiger charge is -2.33.